The molecule has 10 heavy (non-hydrogen) atoms. The Morgan fingerprint density at radius 3 is 2.60 bits per heavy atom. The molecule has 0 N–H and O–H groups in total. The first-order valence-electron chi connectivity index (χ1n) is 3.10. The molecule has 0 aliphatic rings. The van der Waals surface area contributed by atoms with Crippen molar-refractivity contribution in [2.45, 2.75) is 13.3 Å². The van der Waals surface area contributed by atoms with Gasteiger partial charge in [-0.2, -0.15) is 41.8 Å². The molecule has 0 bridgehead atoms. The van der Waals surface area contributed by atoms with Crippen LogP contribution in [0, 0.1) is 51.0 Å². The molecule has 1 aromatic carbocycles. The second-order valence-electron chi connectivity index (χ2n) is 2.11. The molecule has 0 heterocycles. The average Bonchev–Trinajstić information content (AvgIpc) is 1.88. The van der Waals surface area contributed by atoms with Crippen molar-refractivity contribution in [3.63, 3.8) is 0 Å². The zero-order valence-corrected chi connectivity index (χ0v) is 10.3. The molecule has 0 unspecified atom stereocenters. The van der Waals surface area contributed by atoms with E-state index in [0.717, 1.165) is 6.42 Å². The maximum Gasteiger partial charge on any atom is 2.00 e. The van der Waals surface area contributed by atoms with Gasteiger partial charge in [0.05, 0.1) is 0 Å². The van der Waals surface area contributed by atoms with Gasteiger partial charge in [-0.15, -0.1) is 0 Å². The fourth-order valence-corrected chi connectivity index (χ4v) is 0.791. The third kappa shape index (κ3) is 2.90. The minimum Gasteiger partial charge on any atom is -0.341 e. The zero-order chi connectivity index (χ0) is 6.69. The van der Waals surface area contributed by atoms with Crippen molar-refractivity contribution >= 4 is 0 Å². The standard InChI is InChI=1S/C9H10.U/c1-3-9-6-4-5-8(2)7-9;/h4-6H,1,3H2,2H3;/q-2;+2. The third-order valence-electron chi connectivity index (χ3n) is 1.27. The number of benzene rings is 1. The van der Waals surface area contributed by atoms with Crippen LogP contribution >= 0.6 is 0 Å². The van der Waals surface area contributed by atoms with Gasteiger partial charge in [0.2, 0.25) is 0 Å². The smallest absolute Gasteiger partial charge is 0.341 e. The number of aryl methyl sites for hydroxylation is 1. The second kappa shape index (κ2) is 4.99. The van der Waals surface area contributed by atoms with E-state index in [-0.39, 0.29) is 31.1 Å². The summed E-state index contributed by atoms with van der Waals surface area (Å²) in [5, 5.41) is 0. The maximum absolute atomic E-state index is 3.77. The molecule has 0 atom stereocenters. The van der Waals surface area contributed by atoms with E-state index >= 15 is 0 Å². The topological polar surface area (TPSA) is 0 Å². The molecule has 0 aromatic heterocycles. The molecule has 0 saturated heterocycles. The Morgan fingerprint density at radius 2 is 2.20 bits per heavy atom. The quantitative estimate of drug-likeness (QED) is 0.677. The van der Waals surface area contributed by atoms with Gasteiger partial charge in [0.25, 0.3) is 0 Å². The Hall–Kier alpha value is 0.272. The molecule has 0 nitrogen and oxygen atoms in total. The molecular formula is C9H10U. The summed E-state index contributed by atoms with van der Waals surface area (Å²) in [4.78, 5) is 0. The van der Waals surface area contributed by atoms with Crippen molar-refractivity contribution in [3.05, 3.63) is 42.3 Å². The number of rotatable bonds is 1. The van der Waals surface area contributed by atoms with Crippen LogP contribution in [-0.4, -0.2) is 0 Å². The summed E-state index contributed by atoms with van der Waals surface area (Å²) < 4.78 is 0. The molecule has 0 amide bonds. The van der Waals surface area contributed by atoms with Gasteiger partial charge in [-0.05, 0) is 0 Å². The Balaban J connectivity index is 0.000000810. The average molecular weight is 356 g/mol. The maximum atomic E-state index is 3.77. The van der Waals surface area contributed by atoms with Crippen LogP contribution in [0.1, 0.15) is 11.1 Å². The molecule has 0 spiro atoms. The van der Waals surface area contributed by atoms with Crippen LogP contribution in [0.15, 0.2) is 18.2 Å². The summed E-state index contributed by atoms with van der Waals surface area (Å²) in [6.07, 6.45) is 0.835. The summed E-state index contributed by atoms with van der Waals surface area (Å²) in [5.41, 5.74) is 2.38. The fraction of sp³-hybridized carbons (Fsp3) is 0.222. The van der Waals surface area contributed by atoms with E-state index in [2.05, 4.69) is 13.0 Å². The zero-order valence-electron chi connectivity index (χ0n) is 6.15. The molecule has 1 rings (SSSR count). The van der Waals surface area contributed by atoms with Crippen LogP contribution in [0.5, 0.6) is 0 Å². The molecule has 0 aliphatic heterocycles. The van der Waals surface area contributed by atoms with E-state index in [9.17, 15) is 0 Å². The summed E-state index contributed by atoms with van der Waals surface area (Å²) in [7, 11) is 0. The molecular weight excluding hydrogens is 346 g/mol. The summed E-state index contributed by atoms with van der Waals surface area (Å²) in [6.45, 7) is 5.81. The Morgan fingerprint density at radius 1 is 1.50 bits per heavy atom. The van der Waals surface area contributed by atoms with Crippen molar-refractivity contribution in [1.82, 2.24) is 0 Å². The van der Waals surface area contributed by atoms with Gasteiger partial charge in [0.1, 0.15) is 0 Å². The van der Waals surface area contributed by atoms with Crippen molar-refractivity contribution in [2.75, 3.05) is 0 Å². The van der Waals surface area contributed by atoms with Crippen LogP contribution in [0.3, 0.4) is 0 Å². The van der Waals surface area contributed by atoms with Crippen LogP contribution < -0.4 is 0 Å². The summed E-state index contributed by atoms with van der Waals surface area (Å²) in [6, 6.07) is 9.31. The van der Waals surface area contributed by atoms with Crippen LogP contribution in [0.2, 0.25) is 0 Å². The first-order chi connectivity index (χ1) is 4.33. The molecule has 0 fully saturated rings. The van der Waals surface area contributed by atoms with E-state index in [0.29, 0.717) is 0 Å². The molecule has 0 radical (unpaired) electrons. The molecule has 1 aromatic rings. The molecule has 1 heteroatoms. The largest absolute Gasteiger partial charge is 2.00 e. The van der Waals surface area contributed by atoms with E-state index in [1.165, 1.54) is 11.1 Å². The Bertz CT molecular complexity index is 194. The second-order valence-corrected chi connectivity index (χ2v) is 2.11. The number of hydrogen-bond acceptors (Lipinski definition) is 0. The van der Waals surface area contributed by atoms with Gasteiger partial charge >= 0.3 is 31.1 Å². The normalized spacial score (nSPS) is 8.60. The Labute approximate surface area is 86.4 Å². The van der Waals surface area contributed by atoms with E-state index < -0.39 is 0 Å². The van der Waals surface area contributed by atoms with E-state index in [4.69, 9.17) is 0 Å². The van der Waals surface area contributed by atoms with E-state index in [1.807, 2.05) is 25.1 Å². The van der Waals surface area contributed by atoms with E-state index in [1.54, 1.807) is 0 Å². The van der Waals surface area contributed by atoms with Crippen LogP contribution in [0.4, 0.5) is 0 Å². The first-order valence-corrected chi connectivity index (χ1v) is 3.10. The van der Waals surface area contributed by atoms with Gasteiger partial charge < -0.3 is 6.92 Å². The summed E-state index contributed by atoms with van der Waals surface area (Å²) in [5.74, 6) is 0. The van der Waals surface area contributed by atoms with Gasteiger partial charge in [-0.1, -0.05) is 6.92 Å². The third-order valence-corrected chi connectivity index (χ3v) is 1.27. The van der Waals surface area contributed by atoms with Crippen molar-refractivity contribution in [2.24, 2.45) is 0 Å². The van der Waals surface area contributed by atoms with Crippen molar-refractivity contribution in [3.8, 4) is 0 Å². The monoisotopic (exact) mass is 356 g/mol. The molecule has 50 valence electrons. The molecule has 0 aliphatic carbocycles. The Kier molecular flexibility index (Phi) is 5.13. The fourth-order valence-electron chi connectivity index (χ4n) is 0.791. The predicted octanol–water partition coefficient (Wildman–Crippen LogP) is 2.17. The first kappa shape index (κ1) is 10.3. The summed E-state index contributed by atoms with van der Waals surface area (Å²) >= 11 is 0. The van der Waals surface area contributed by atoms with Crippen molar-refractivity contribution < 1.29 is 31.1 Å². The predicted molar refractivity (Wildman–Crippen MR) is 39.1 cm³/mol. The van der Waals surface area contributed by atoms with Crippen LogP contribution in [0.25, 0.3) is 0 Å². The minimum atomic E-state index is 0. The molecule has 0 saturated carbocycles. The number of hydrogen-bond donors (Lipinski definition) is 0. The van der Waals surface area contributed by atoms with Gasteiger partial charge in [0.15, 0.2) is 0 Å². The van der Waals surface area contributed by atoms with Gasteiger partial charge in [-0.3, -0.25) is 0 Å². The minimum absolute atomic E-state index is 0. The van der Waals surface area contributed by atoms with Gasteiger partial charge in [-0.25, -0.2) is 0 Å². The van der Waals surface area contributed by atoms with Gasteiger partial charge in [0, 0.05) is 0 Å². The van der Waals surface area contributed by atoms with Crippen molar-refractivity contribution in [1.29, 1.82) is 0 Å². The SMILES string of the molecule is [CH2-]Cc1[c-]c(C)ccc1.[U+2]. The van der Waals surface area contributed by atoms with Crippen LogP contribution in [-0.2, 0) is 6.42 Å².